The summed E-state index contributed by atoms with van der Waals surface area (Å²) in [5, 5.41) is 3.39. The third-order valence-electron chi connectivity index (χ3n) is 3.03. The quantitative estimate of drug-likeness (QED) is 0.859. The van der Waals surface area contributed by atoms with Crippen molar-refractivity contribution >= 4 is 17.4 Å². The van der Waals surface area contributed by atoms with Crippen molar-refractivity contribution in [1.29, 1.82) is 0 Å². The zero-order chi connectivity index (χ0) is 13.1. The topological polar surface area (TPSA) is 30.5 Å². The summed E-state index contributed by atoms with van der Waals surface area (Å²) in [4.78, 5) is 1.28. The van der Waals surface area contributed by atoms with E-state index >= 15 is 0 Å². The van der Waals surface area contributed by atoms with E-state index < -0.39 is 0 Å². The Labute approximate surface area is 116 Å². The van der Waals surface area contributed by atoms with Crippen LogP contribution < -0.4 is 14.8 Å². The zero-order valence-corrected chi connectivity index (χ0v) is 11.5. The number of thioether (sulfide) groups is 1. The van der Waals surface area contributed by atoms with E-state index in [1.165, 1.54) is 10.5 Å². The SMILES string of the molecule is CSc1ccc(CNc2ccc3c(c2)OCO3)cc1. The van der Waals surface area contributed by atoms with Crippen molar-refractivity contribution in [1.82, 2.24) is 0 Å². The Morgan fingerprint density at radius 1 is 1.05 bits per heavy atom. The first-order valence-electron chi connectivity index (χ1n) is 6.11. The number of anilines is 1. The summed E-state index contributed by atoms with van der Waals surface area (Å²) < 4.78 is 10.6. The summed E-state index contributed by atoms with van der Waals surface area (Å²) in [6.07, 6.45) is 2.08. The van der Waals surface area contributed by atoms with Gasteiger partial charge in [-0.05, 0) is 36.1 Å². The van der Waals surface area contributed by atoms with Crippen LogP contribution in [0.25, 0.3) is 0 Å². The molecule has 0 spiro atoms. The highest BCUT2D eigenvalue weighted by molar-refractivity contribution is 7.98. The van der Waals surface area contributed by atoms with E-state index in [-0.39, 0.29) is 0 Å². The minimum atomic E-state index is 0.314. The molecule has 0 unspecified atom stereocenters. The van der Waals surface area contributed by atoms with Gasteiger partial charge in [-0.3, -0.25) is 0 Å². The molecule has 1 aliphatic rings. The Balaban J connectivity index is 1.65. The van der Waals surface area contributed by atoms with Gasteiger partial charge in [-0.1, -0.05) is 12.1 Å². The van der Waals surface area contributed by atoms with Crippen molar-refractivity contribution in [2.24, 2.45) is 0 Å². The fourth-order valence-corrected chi connectivity index (χ4v) is 2.36. The zero-order valence-electron chi connectivity index (χ0n) is 10.7. The van der Waals surface area contributed by atoms with Gasteiger partial charge >= 0.3 is 0 Å². The Hall–Kier alpha value is -1.81. The van der Waals surface area contributed by atoms with E-state index in [2.05, 4.69) is 35.8 Å². The van der Waals surface area contributed by atoms with Crippen LogP contribution in [0.4, 0.5) is 5.69 Å². The summed E-state index contributed by atoms with van der Waals surface area (Å²) in [5.41, 5.74) is 2.30. The Morgan fingerprint density at radius 3 is 2.63 bits per heavy atom. The van der Waals surface area contributed by atoms with Crippen LogP contribution in [0.1, 0.15) is 5.56 Å². The monoisotopic (exact) mass is 273 g/mol. The first-order valence-corrected chi connectivity index (χ1v) is 7.34. The van der Waals surface area contributed by atoms with Crippen LogP contribution in [0.3, 0.4) is 0 Å². The minimum Gasteiger partial charge on any atom is -0.454 e. The van der Waals surface area contributed by atoms with Crippen molar-refractivity contribution in [3.63, 3.8) is 0 Å². The molecule has 19 heavy (non-hydrogen) atoms. The lowest BCUT2D eigenvalue weighted by Gasteiger charge is -2.08. The van der Waals surface area contributed by atoms with Gasteiger partial charge in [0.15, 0.2) is 11.5 Å². The van der Waals surface area contributed by atoms with E-state index in [1.807, 2.05) is 18.2 Å². The third-order valence-corrected chi connectivity index (χ3v) is 3.77. The van der Waals surface area contributed by atoms with Crippen LogP contribution in [0.5, 0.6) is 11.5 Å². The summed E-state index contributed by atoms with van der Waals surface area (Å²) in [6, 6.07) is 14.5. The van der Waals surface area contributed by atoms with Crippen LogP contribution >= 0.6 is 11.8 Å². The molecule has 98 valence electrons. The number of rotatable bonds is 4. The molecular formula is C15H15NO2S. The molecule has 2 aromatic carbocycles. The molecule has 1 N–H and O–H groups in total. The second kappa shape index (κ2) is 5.45. The molecule has 0 amide bonds. The highest BCUT2D eigenvalue weighted by Crippen LogP contribution is 2.34. The number of fused-ring (bicyclic) bond motifs is 1. The molecule has 3 rings (SSSR count). The van der Waals surface area contributed by atoms with E-state index in [0.717, 1.165) is 23.7 Å². The van der Waals surface area contributed by atoms with Crippen LogP contribution in [-0.2, 0) is 6.54 Å². The Bertz CT molecular complexity index is 569. The van der Waals surface area contributed by atoms with Crippen molar-refractivity contribution in [3.05, 3.63) is 48.0 Å². The second-order valence-electron chi connectivity index (χ2n) is 4.27. The largest absolute Gasteiger partial charge is 0.454 e. The van der Waals surface area contributed by atoms with Gasteiger partial charge in [0.1, 0.15) is 0 Å². The van der Waals surface area contributed by atoms with Crippen LogP contribution in [0.15, 0.2) is 47.4 Å². The van der Waals surface area contributed by atoms with Gasteiger partial charge in [-0.25, -0.2) is 0 Å². The van der Waals surface area contributed by atoms with Gasteiger partial charge < -0.3 is 14.8 Å². The van der Waals surface area contributed by atoms with E-state index in [4.69, 9.17) is 9.47 Å². The maximum atomic E-state index is 5.36. The second-order valence-corrected chi connectivity index (χ2v) is 5.15. The van der Waals surface area contributed by atoms with E-state index in [1.54, 1.807) is 11.8 Å². The van der Waals surface area contributed by atoms with Gasteiger partial charge in [0, 0.05) is 23.2 Å². The predicted molar refractivity (Wildman–Crippen MR) is 78.1 cm³/mol. The van der Waals surface area contributed by atoms with Crippen LogP contribution in [0, 0.1) is 0 Å². The highest BCUT2D eigenvalue weighted by Gasteiger charge is 2.12. The molecule has 0 saturated carbocycles. The van der Waals surface area contributed by atoms with E-state index in [9.17, 15) is 0 Å². The number of ether oxygens (including phenoxy) is 2. The Morgan fingerprint density at radius 2 is 1.84 bits per heavy atom. The molecule has 0 saturated heterocycles. The third kappa shape index (κ3) is 2.79. The molecule has 3 nitrogen and oxygen atoms in total. The van der Waals surface area contributed by atoms with E-state index in [0.29, 0.717) is 6.79 Å². The molecule has 0 radical (unpaired) electrons. The summed E-state index contributed by atoms with van der Waals surface area (Å²) in [5.74, 6) is 1.62. The molecule has 0 atom stereocenters. The van der Waals surface area contributed by atoms with Crippen molar-refractivity contribution < 1.29 is 9.47 Å². The average Bonchev–Trinajstić information content (AvgIpc) is 2.93. The lowest BCUT2D eigenvalue weighted by Crippen LogP contribution is -1.99. The van der Waals surface area contributed by atoms with Gasteiger partial charge in [-0.2, -0.15) is 0 Å². The lowest BCUT2D eigenvalue weighted by molar-refractivity contribution is 0.174. The first kappa shape index (κ1) is 12.2. The fourth-order valence-electron chi connectivity index (χ4n) is 1.95. The summed E-state index contributed by atoms with van der Waals surface area (Å²) >= 11 is 1.75. The number of benzene rings is 2. The molecule has 4 heteroatoms. The van der Waals surface area contributed by atoms with Crippen molar-refractivity contribution in [3.8, 4) is 11.5 Å². The Kier molecular flexibility index (Phi) is 3.51. The van der Waals surface area contributed by atoms with Crippen LogP contribution in [0.2, 0.25) is 0 Å². The molecule has 0 bridgehead atoms. The van der Waals surface area contributed by atoms with Crippen LogP contribution in [-0.4, -0.2) is 13.0 Å². The van der Waals surface area contributed by atoms with Crippen molar-refractivity contribution in [2.75, 3.05) is 18.4 Å². The lowest BCUT2D eigenvalue weighted by atomic mass is 10.2. The van der Waals surface area contributed by atoms with Gasteiger partial charge in [0.05, 0.1) is 0 Å². The maximum absolute atomic E-state index is 5.36. The molecular weight excluding hydrogens is 258 g/mol. The standard InChI is InChI=1S/C15H15NO2S/c1-19-13-5-2-11(3-6-13)9-16-12-4-7-14-15(8-12)18-10-17-14/h2-8,16H,9-10H2,1H3. The normalized spacial score (nSPS) is 12.5. The maximum Gasteiger partial charge on any atom is 0.231 e. The number of nitrogens with one attached hydrogen (secondary N) is 1. The molecule has 0 aliphatic carbocycles. The highest BCUT2D eigenvalue weighted by atomic mass is 32.2. The van der Waals surface area contributed by atoms with Gasteiger partial charge in [0.2, 0.25) is 6.79 Å². The molecule has 0 aromatic heterocycles. The predicted octanol–water partition coefficient (Wildman–Crippen LogP) is 3.75. The minimum absolute atomic E-state index is 0.314. The molecule has 1 heterocycles. The van der Waals surface area contributed by atoms with Crippen molar-refractivity contribution in [2.45, 2.75) is 11.4 Å². The number of hydrogen-bond acceptors (Lipinski definition) is 4. The number of hydrogen-bond donors (Lipinski definition) is 1. The molecule has 2 aromatic rings. The van der Waals surface area contributed by atoms with Gasteiger partial charge in [0.25, 0.3) is 0 Å². The first-order chi connectivity index (χ1) is 9.35. The summed E-state index contributed by atoms with van der Waals surface area (Å²) in [7, 11) is 0. The summed E-state index contributed by atoms with van der Waals surface area (Å²) in [6.45, 7) is 1.11. The smallest absolute Gasteiger partial charge is 0.231 e. The molecule has 1 aliphatic heterocycles. The fraction of sp³-hybridized carbons (Fsp3) is 0.200. The average molecular weight is 273 g/mol. The van der Waals surface area contributed by atoms with Gasteiger partial charge in [-0.15, -0.1) is 11.8 Å². The molecule has 0 fully saturated rings.